The summed E-state index contributed by atoms with van der Waals surface area (Å²) in [7, 11) is 1.86. The van der Waals surface area contributed by atoms with Crippen molar-refractivity contribution in [1.82, 2.24) is 15.1 Å². The highest BCUT2D eigenvalue weighted by molar-refractivity contribution is 5.43. The highest BCUT2D eigenvalue weighted by atomic mass is 19.1. The minimum absolute atomic E-state index is 0.0670. The summed E-state index contributed by atoms with van der Waals surface area (Å²) in [4.78, 5) is 0. The quantitative estimate of drug-likeness (QED) is 0.914. The van der Waals surface area contributed by atoms with Crippen molar-refractivity contribution >= 4 is 0 Å². The topological polar surface area (TPSA) is 29.9 Å². The molecule has 0 aliphatic heterocycles. The second-order valence-electron chi connectivity index (χ2n) is 5.03. The molecular weight excluding hydrogens is 241 g/mol. The molecule has 2 rings (SSSR count). The fraction of sp³-hybridized carbons (Fsp3) is 0.400. The Labute approximate surface area is 113 Å². The Hall–Kier alpha value is -1.68. The number of halogens is 1. The smallest absolute Gasteiger partial charge is 0.149 e. The van der Waals surface area contributed by atoms with E-state index in [1.807, 2.05) is 32.3 Å². The van der Waals surface area contributed by atoms with Crippen LogP contribution in [0.4, 0.5) is 4.39 Å². The molecule has 4 heteroatoms. The largest absolute Gasteiger partial charge is 0.313 e. The summed E-state index contributed by atoms with van der Waals surface area (Å²) in [6.07, 6.45) is 1.82. The van der Waals surface area contributed by atoms with Crippen molar-refractivity contribution in [3.63, 3.8) is 0 Å². The highest BCUT2D eigenvalue weighted by Gasteiger charge is 2.16. The summed E-state index contributed by atoms with van der Waals surface area (Å²) >= 11 is 0. The van der Waals surface area contributed by atoms with Gasteiger partial charge in [-0.1, -0.05) is 26.0 Å². The lowest BCUT2D eigenvalue weighted by Crippen LogP contribution is -2.16. The standard InChI is InChI=1S/C15H20FN3/c1-10(2)14-8-9-19(18-14)15-12(11(3)17-4)6-5-7-13(15)16/h5-11,17H,1-4H3. The zero-order valence-electron chi connectivity index (χ0n) is 11.8. The van der Waals surface area contributed by atoms with Gasteiger partial charge in [0.05, 0.1) is 5.69 Å². The van der Waals surface area contributed by atoms with E-state index in [4.69, 9.17) is 0 Å². The number of nitrogens with zero attached hydrogens (tertiary/aromatic N) is 2. The van der Waals surface area contributed by atoms with Crippen molar-refractivity contribution in [2.45, 2.75) is 32.7 Å². The van der Waals surface area contributed by atoms with Crippen LogP contribution < -0.4 is 5.32 Å². The Kier molecular flexibility index (Phi) is 4.00. The molecule has 1 atom stereocenters. The molecule has 102 valence electrons. The van der Waals surface area contributed by atoms with E-state index in [1.54, 1.807) is 10.7 Å². The zero-order chi connectivity index (χ0) is 14.0. The zero-order valence-corrected chi connectivity index (χ0v) is 11.8. The maximum absolute atomic E-state index is 14.2. The predicted octanol–water partition coefficient (Wildman–Crippen LogP) is 3.42. The second-order valence-corrected chi connectivity index (χ2v) is 5.03. The SMILES string of the molecule is CNC(C)c1cccc(F)c1-n1ccc(C(C)C)n1. The third kappa shape index (κ3) is 2.68. The van der Waals surface area contributed by atoms with Crippen molar-refractivity contribution in [1.29, 1.82) is 0 Å². The van der Waals surface area contributed by atoms with E-state index in [0.717, 1.165) is 11.3 Å². The average Bonchev–Trinajstić information content (AvgIpc) is 2.87. The molecule has 0 amide bonds. The lowest BCUT2D eigenvalue weighted by atomic mass is 10.1. The lowest BCUT2D eigenvalue weighted by Gasteiger charge is -2.16. The average molecular weight is 261 g/mol. The van der Waals surface area contributed by atoms with Crippen LogP contribution in [0, 0.1) is 5.82 Å². The third-order valence-electron chi connectivity index (χ3n) is 3.35. The minimum atomic E-state index is -0.252. The number of aromatic nitrogens is 2. The molecule has 1 aromatic carbocycles. The van der Waals surface area contributed by atoms with Gasteiger partial charge in [0.25, 0.3) is 0 Å². The Morgan fingerprint density at radius 1 is 1.21 bits per heavy atom. The van der Waals surface area contributed by atoms with Gasteiger partial charge in [0.2, 0.25) is 0 Å². The van der Waals surface area contributed by atoms with Crippen LogP contribution in [-0.4, -0.2) is 16.8 Å². The van der Waals surface area contributed by atoms with Gasteiger partial charge in [-0.15, -0.1) is 0 Å². The molecule has 19 heavy (non-hydrogen) atoms. The Morgan fingerprint density at radius 2 is 1.95 bits per heavy atom. The van der Waals surface area contributed by atoms with Gasteiger partial charge in [-0.3, -0.25) is 0 Å². The molecule has 0 aliphatic rings. The van der Waals surface area contributed by atoms with Crippen molar-refractivity contribution in [3.05, 3.63) is 47.5 Å². The van der Waals surface area contributed by atoms with Crippen LogP contribution in [0.15, 0.2) is 30.5 Å². The Balaban J connectivity index is 2.53. The van der Waals surface area contributed by atoms with Gasteiger partial charge in [-0.05, 0) is 37.6 Å². The third-order valence-corrected chi connectivity index (χ3v) is 3.35. The molecule has 0 bridgehead atoms. The van der Waals surface area contributed by atoms with Crippen molar-refractivity contribution in [2.24, 2.45) is 0 Å². The Bertz CT molecular complexity index is 560. The van der Waals surface area contributed by atoms with Crippen LogP contribution in [0.2, 0.25) is 0 Å². The van der Waals surface area contributed by atoms with E-state index >= 15 is 0 Å². The van der Waals surface area contributed by atoms with E-state index in [0.29, 0.717) is 11.6 Å². The summed E-state index contributed by atoms with van der Waals surface area (Å²) in [5.41, 5.74) is 2.39. The molecule has 0 radical (unpaired) electrons. The van der Waals surface area contributed by atoms with Gasteiger partial charge < -0.3 is 5.32 Å². The number of hydrogen-bond donors (Lipinski definition) is 1. The number of nitrogens with one attached hydrogen (secondary N) is 1. The molecule has 0 fully saturated rings. The van der Waals surface area contributed by atoms with Gasteiger partial charge in [0, 0.05) is 12.2 Å². The van der Waals surface area contributed by atoms with Crippen molar-refractivity contribution < 1.29 is 4.39 Å². The summed E-state index contributed by atoms with van der Waals surface area (Å²) in [6.45, 7) is 6.15. The molecule has 0 saturated heterocycles. The highest BCUT2D eigenvalue weighted by Crippen LogP contribution is 2.24. The first-order chi connectivity index (χ1) is 9.04. The van der Waals surface area contributed by atoms with E-state index < -0.39 is 0 Å². The van der Waals surface area contributed by atoms with Crippen LogP contribution in [0.1, 0.15) is 44.0 Å². The number of para-hydroxylation sites is 1. The summed E-state index contributed by atoms with van der Waals surface area (Å²) in [6, 6.07) is 7.13. The normalized spacial score (nSPS) is 12.9. The molecule has 1 aromatic heterocycles. The van der Waals surface area contributed by atoms with Gasteiger partial charge in [-0.25, -0.2) is 9.07 Å². The molecule has 1 unspecified atom stereocenters. The molecule has 1 N–H and O–H groups in total. The van der Waals surface area contributed by atoms with E-state index in [1.165, 1.54) is 6.07 Å². The molecular formula is C15H20FN3. The van der Waals surface area contributed by atoms with Crippen LogP contribution in [-0.2, 0) is 0 Å². The van der Waals surface area contributed by atoms with Crippen LogP contribution >= 0.6 is 0 Å². The number of benzene rings is 1. The van der Waals surface area contributed by atoms with Gasteiger partial charge in [-0.2, -0.15) is 5.10 Å². The maximum atomic E-state index is 14.2. The van der Waals surface area contributed by atoms with Crippen LogP contribution in [0.25, 0.3) is 5.69 Å². The van der Waals surface area contributed by atoms with Gasteiger partial charge in [0.1, 0.15) is 11.5 Å². The Morgan fingerprint density at radius 3 is 2.53 bits per heavy atom. The molecule has 1 heterocycles. The molecule has 2 aromatic rings. The van der Waals surface area contributed by atoms with Crippen molar-refractivity contribution in [3.8, 4) is 5.69 Å². The molecule has 3 nitrogen and oxygen atoms in total. The molecule has 0 aliphatic carbocycles. The molecule has 0 saturated carbocycles. The maximum Gasteiger partial charge on any atom is 0.149 e. The first-order valence-corrected chi connectivity index (χ1v) is 6.56. The fourth-order valence-electron chi connectivity index (χ4n) is 2.05. The predicted molar refractivity (Wildman–Crippen MR) is 75.1 cm³/mol. The van der Waals surface area contributed by atoms with Gasteiger partial charge in [0.15, 0.2) is 0 Å². The first kappa shape index (κ1) is 13.7. The number of hydrogen-bond acceptors (Lipinski definition) is 2. The van der Waals surface area contributed by atoms with E-state index in [2.05, 4.69) is 24.3 Å². The lowest BCUT2D eigenvalue weighted by molar-refractivity contribution is 0.586. The summed E-state index contributed by atoms with van der Waals surface area (Å²) < 4.78 is 15.8. The van der Waals surface area contributed by atoms with Crippen LogP contribution in [0.3, 0.4) is 0 Å². The summed E-state index contributed by atoms with van der Waals surface area (Å²) in [5.74, 6) is 0.0798. The fourth-order valence-corrected chi connectivity index (χ4v) is 2.05. The number of rotatable bonds is 4. The summed E-state index contributed by atoms with van der Waals surface area (Å²) in [5, 5.41) is 7.61. The van der Waals surface area contributed by atoms with Crippen molar-refractivity contribution in [2.75, 3.05) is 7.05 Å². The minimum Gasteiger partial charge on any atom is -0.313 e. The monoisotopic (exact) mass is 261 g/mol. The van der Waals surface area contributed by atoms with E-state index in [9.17, 15) is 4.39 Å². The molecule has 0 spiro atoms. The van der Waals surface area contributed by atoms with E-state index in [-0.39, 0.29) is 11.9 Å². The van der Waals surface area contributed by atoms with Crippen LogP contribution in [0.5, 0.6) is 0 Å². The second kappa shape index (κ2) is 5.53. The van der Waals surface area contributed by atoms with Gasteiger partial charge >= 0.3 is 0 Å². The first-order valence-electron chi connectivity index (χ1n) is 6.56.